The predicted octanol–water partition coefficient (Wildman–Crippen LogP) is 3.85. The van der Waals surface area contributed by atoms with Crippen molar-refractivity contribution < 1.29 is 0 Å². The van der Waals surface area contributed by atoms with Crippen LogP contribution in [0.4, 0.5) is 0 Å². The largest absolute Gasteiger partial charge is 0.384 e. The molecule has 5 heteroatoms. The molecular weight excluding hydrogens is 304 g/mol. The molecule has 0 saturated carbocycles. The molecule has 0 saturated heterocycles. The van der Waals surface area contributed by atoms with Gasteiger partial charge in [-0.15, -0.1) is 11.3 Å². The van der Waals surface area contributed by atoms with E-state index in [9.17, 15) is 0 Å². The Hall–Kier alpha value is -2.24. The highest BCUT2D eigenvalue weighted by Crippen LogP contribution is 2.27. The van der Waals surface area contributed by atoms with Crippen molar-refractivity contribution in [3.63, 3.8) is 0 Å². The zero-order valence-electron chi connectivity index (χ0n) is 13.4. The number of thiazole rings is 1. The Morgan fingerprint density at radius 1 is 1.17 bits per heavy atom. The zero-order valence-corrected chi connectivity index (χ0v) is 14.2. The molecule has 3 rings (SSSR count). The van der Waals surface area contributed by atoms with Crippen molar-refractivity contribution in [2.75, 3.05) is 0 Å². The Labute approximate surface area is 140 Å². The quantitative estimate of drug-likeness (QED) is 0.502. The number of benzene rings is 2. The van der Waals surface area contributed by atoms with E-state index in [4.69, 9.17) is 16.9 Å². The van der Waals surface area contributed by atoms with E-state index in [2.05, 4.69) is 11.1 Å². The predicted molar refractivity (Wildman–Crippen MR) is 99.1 cm³/mol. The molecule has 0 spiro atoms. The van der Waals surface area contributed by atoms with Gasteiger partial charge in [0.25, 0.3) is 0 Å². The second-order valence-corrected chi connectivity index (χ2v) is 6.01. The van der Waals surface area contributed by atoms with Crippen molar-refractivity contribution in [3.8, 4) is 0 Å². The van der Waals surface area contributed by atoms with Crippen molar-refractivity contribution in [2.45, 2.75) is 26.3 Å². The summed E-state index contributed by atoms with van der Waals surface area (Å²) in [6.45, 7) is 4.00. The number of amidine groups is 1. The van der Waals surface area contributed by atoms with Crippen molar-refractivity contribution in [3.05, 3.63) is 64.7 Å². The number of para-hydroxylation sites is 1. The summed E-state index contributed by atoms with van der Waals surface area (Å²) >= 11 is 1.63. The van der Waals surface area contributed by atoms with Gasteiger partial charge in [-0.1, -0.05) is 44.2 Å². The maximum atomic E-state index is 7.49. The number of aromatic nitrogens is 1. The van der Waals surface area contributed by atoms with Crippen molar-refractivity contribution in [1.82, 2.24) is 4.98 Å². The highest BCUT2D eigenvalue weighted by atomic mass is 32.1. The molecule has 1 aromatic heterocycles. The van der Waals surface area contributed by atoms with Gasteiger partial charge in [-0.25, -0.2) is 4.98 Å². The molecule has 0 aliphatic carbocycles. The number of nitrogens with zero attached hydrogens (tertiary/aromatic N) is 1. The minimum Gasteiger partial charge on any atom is -0.384 e. The van der Waals surface area contributed by atoms with Gasteiger partial charge in [0, 0.05) is 5.56 Å². The lowest BCUT2D eigenvalue weighted by atomic mass is 10.0. The van der Waals surface area contributed by atoms with Crippen LogP contribution in [0.2, 0.25) is 0 Å². The van der Waals surface area contributed by atoms with Gasteiger partial charge in [-0.2, -0.15) is 0 Å². The summed E-state index contributed by atoms with van der Waals surface area (Å²) in [6, 6.07) is 15.5. The van der Waals surface area contributed by atoms with E-state index in [-0.39, 0.29) is 11.9 Å². The van der Waals surface area contributed by atoms with Crippen LogP contribution >= 0.6 is 11.3 Å². The lowest BCUT2D eigenvalue weighted by molar-refractivity contribution is 0.717. The number of nitrogens with two attached hydrogens (primary N) is 2. The van der Waals surface area contributed by atoms with Crippen molar-refractivity contribution in [2.24, 2.45) is 11.5 Å². The maximum absolute atomic E-state index is 7.49. The van der Waals surface area contributed by atoms with Gasteiger partial charge in [0.15, 0.2) is 0 Å². The lowest BCUT2D eigenvalue weighted by Gasteiger charge is -2.09. The topological polar surface area (TPSA) is 88.8 Å². The summed E-state index contributed by atoms with van der Waals surface area (Å²) < 4.78 is 1.15. The van der Waals surface area contributed by atoms with Crippen molar-refractivity contribution >= 4 is 27.4 Å². The number of hydrogen-bond donors (Lipinski definition) is 3. The van der Waals surface area contributed by atoms with E-state index in [1.54, 1.807) is 11.3 Å². The Bertz CT molecular complexity index is 761. The van der Waals surface area contributed by atoms with E-state index in [1.165, 1.54) is 0 Å². The molecule has 0 bridgehead atoms. The molecule has 0 radical (unpaired) electrons. The van der Waals surface area contributed by atoms with Crippen LogP contribution in [-0.4, -0.2) is 10.8 Å². The van der Waals surface area contributed by atoms with Gasteiger partial charge in [0.2, 0.25) is 0 Å². The first kappa shape index (κ1) is 17.1. The van der Waals surface area contributed by atoms with E-state index in [0.29, 0.717) is 6.42 Å². The standard InChI is InChI=1S/C16H16N4S.C2H6/c17-12(9-10-4-3-5-11(8-10)15(18)19)16-20-13-6-1-2-7-14(13)21-16;1-2/h1-8,12H,9,17H2,(H3,18,19);1-2H3. The third-order valence-electron chi connectivity index (χ3n) is 3.32. The molecule has 0 amide bonds. The second-order valence-electron chi connectivity index (χ2n) is 4.94. The first-order valence-corrected chi connectivity index (χ1v) is 8.49. The smallest absolute Gasteiger partial charge is 0.122 e. The Kier molecular flexibility index (Phi) is 5.84. The fraction of sp³-hybridized carbons (Fsp3) is 0.222. The van der Waals surface area contributed by atoms with Gasteiger partial charge >= 0.3 is 0 Å². The number of rotatable bonds is 4. The average Bonchev–Trinajstić information content (AvgIpc) is 3.01. The first-order valence-electron chi connectivity index (χ1n) is 7.68. The molecule has 3 aromatic rings. The van der Waals surface area contributed by atoms with Crippen LogP contribution in [0.1, 0.15) is 36.0 Å². The minimum atomic E-state index is -0.149. The highest BCUT2D eigenvalue weighted by molar-refractivity contribution is 7.18. The van der Waals surface area contributed by atoms with Gasteiger partial charge in [0.05, 0.1) is 16.3 Å². The van der Waals surface area contributed by atoms with E-state index in [0.717, 1.165) is 26.4 Å². The maximum Gasteiger partial charge on any atom is 0.122 e. The molecule has 23 heavy (non-hydrogen) atoms. The van der Waals surface area contributed by atoms with Gasteiger partial charge in [-0.3, -0.25) is 5.41 Å². The minimum absolute atomic E-state index is 0.0745. The van der Waals surface area contributed by atoms with Crippen LogP contribution in [0.3, 0.4) is 0 Å². The van der Waals surface area contributed by atoms with Crippen LogP contribution in [0.15, 0.2) is 48.5 Å². The van der Waals surface area contributed by atoms with Gasteiger partial charge in [0.1, 0.15) is 10.8 Å². The van der Waals surface area contributed by atoms with Crippen molar-refractivity contribution in [1.29, 1.82) is 5.41 Å². The molecule has 5 N–H and O–H groups in total. The Balaban J connectivity index is 0.000000924. The monoisotopic (exact) mass is 326 g/mol. The normalized spacial score (nSPS) is 11.6. The SMILES string of the molecule is CC.N=C(N)c1cccc(CC(N)c2nc3ccccc3s2)c1. The summed E-state index contributed by atoms with van der Waals surface area (Å²) in [4.78, 5) is 4.59. The summed E-state index contributed by atoms with van der Waals surface area (Å²) in [7, 11) is 0. The molecule has 4 nitrogen and oxygen atoms in total. The number of hydrogen-bond acceptors (Lipinski definition) is 4. The van der Waals surface area contributed by atoms with Crippen LogP contribution in [-0.2, 0) is 6.42 Å². The number of nitrogens with one attached hydrogen (secondary N) is 1. The third-order valence-corrected chi connectivity index (χ3v) is 4.49. The van der Waals surface area contributed by atoms with Crippen LogP contribution < -0.4 is 11.5 Å². The first-order chi connectivity index (χ1) is 11.1. The Morgan fingerprint density at radius 3 is 2.61 bits per heavy atom. The number of fused-ring (bicyclic) bond motifs is 1. The summed E-state index contributed by atoms with van der Waals surface area (Å²) in [5.41, 5.74) is 14.6. The summed E-state index contributed by atoms with van der Waals surface area (Å²) in [5.74, 6) is 0.0745. The fourth-order valence-electron chi connectivity index (χ4n) is 2.26. The molecule has 0 fully saturated rings. The van der Waals surface area contributed by atoms with E-state index >= 15 is 0 Å². The second kappa shape index (κ2) is 7.85. The molecule has 1 unspecified atom stereocenters. The molecule has 2 aromatic carbocycles. The average molecular weight is 326 g/mol. The van der Waals surface area contributed by atoms with Crippen LogP contribution in [0.25, 0.3) is 10.2 Å². The third kappa shape index (κ3) is 4.15. The summed E-state index contributed by atoms with van der Waals surface area (Å²) in [6.07, 6.45) is 0.681. The molecule has 1 heterocycles. The van der Waals surface area contributed by atoms with Crippen LogP contribution in [0.5, 0.6) is 0 Å². The highest BCUT2D eigenvalue weighted by Gasteiger charge is 2.13. The van der Waals surface area contributed by atoms with E-state index in [1.807, 2.05) is 56.3 Å². The molecule has 0 aliphatic heterocycles. The molecule has 1 atom stereocenters. The Morgan fingerprint density at radius 2 is 1.91 bits per heavy atom. The molecule has 0 aliphatic rings. The molecular formula is C18H22N4S. The summed E-state index contributed by atoms with van der Waals surface area (Å²) in [5, 5.41) is 8.42. The zero-order chi connectivity index (χ0) is 16.8. The van der Waals surface area contributed by atoms with E-state index < -0.39 is 0 Å². The van der Waals surface area contributed by atoms with Gasteiger partial charge < -0.3 is 11.5 Å². The lowest BCUT2D eigenvalue weighted by Crippen LogP contribution is -2.14. The van der Waals surface area contributed by atoms with Gasteiger partial charge in [-0.05, 0) is 30.2 Å². The van der Waals surface area contributed by atoms with Crippen LogP contribution in [0, 0.1) is 5.41 Å². The number of nitrogen functional groups attached to an aromatic ring is 1. The molecule has 120 valence electrons. The fourth-order valence-corrected chi connectivity index (χ4v) is 3.22.